The van der Waals surface area contributed by atoms with Crippen LogP contribution in [0.4, 0.5) is 13.2 Å². The molecule has 0 aliphatic carbocycles. The van der Waals surface area contributed by atoms with Crippen molar-refractivity contribution < 1.29 is 22.7 Å². The molecule has 2 rings (SSSR count). The zero-order valence-corrected chi connectivity index (χ0v) is 13.5. The van der Waals surface area contributed by atoms with Crippen molar-refractivity contribution in [2.45, 2.75) is 13.1 Å². The molecule has 2 aromatic rings. The number of alkyl halides is 3. The van der Waals surface area contributed by atoms with Crippen LogP contribution in [0.2, 0.25) is 0 Å². The van der Waals surface area contributed by atoms with E-state index < -0.39 is 11.7 Å². The molecule has 1 amide bonds. The van der Waals surface area contributed by atoms with Crippen molar-refractivity contribution in [1.29, 1.82) is 0 Å². The van der Waals surface area contributed by atoms with E-state index in [4.69, 9.17) is 4.74 Å². The third-order valence-electron chi connectivity index (χ3n) is 3.22. The Morgan fingerprint density at radius 2 is 1.80 bits per heavy atom. The largest absolute Gasteiger partial charge is 0.494 e. The normalized spacial score (nSPS) is 10.6. The molecule has 2 aromatic carbocycles. The molecular formula is C19H16F3NO2. The van der Waals surface area contributed by atoms with Gasteiger partial charge >= 0.3 is 6.18 Å². The molecule has 0 aliphatic heterocycles. The molecule has 0 bridgehead atoms. The number of nitrogens with one attached hydrogen (secondary N) is 1. The molecule has 0 saturated heterocycles. The Labute approximate surface area is 143 Å². The van der Waals surface area contributed by atoms with Gasteiger partial charge in [-0.05, 0) is 43.3 Å². The van der Waals surface area contributed by atoms with E-state index >= 15 is 0 Å². The topological polar surface area (TPSA) is 38.3 Å². The molecule has 0 saturated carbocycles. The Balaban J connectivity index is 1.98. The summed E-state index contributed by atoms with van der Waals surface area (Å²) in [5.41, 5.74) is -0.494. The predicted octanol–water partition coefficient (Wildman–Crippen LogP) is 3.89. The summed E-state index contributed by atoms with van der Waals surface area (Å²) in [7, 11) is 0. The molecule has 0 fully saturated rings. The van der Waals surface area contributed by atoms with Crippen molar-refractivity contribution in [2.75, 3.05) is 13.2 Å². The number of carbonyl (C=O) groups is 1. The highest BCUT2D eigenvalue weighted by Crippen LogP contribution is 2.31. The second kappa shape index (κ2) is 8.25. The van der Waals surface area contributed by atoms with Crippen LogP contribution in [-0.4, -0.2) is 19.1 Å². The third kappa shape index (κ3) is 5.28. The van der Waals surface area contributed by atoms with Gasteiger partial charge in [0.2, 0.25) is 0 Å². The summed E-state index contributed by atoms with van der Waals surface area (Å²) in [5, 5.41) is 2.54. The highest BCUT2D eigenvalue weighted by Gasteiger charge is 2.32. The van der Waals surface area contributed by atoms with Crippen LogP contribution in [0.5, 0.6) is 5.75 Å². The summed E-state index contributed by atoms with van der Waals surface area (Å²) >= 11 is 0. The zero-order chi connectivity index (χ0) is 18.3. The Kier molecular flexibility index (Phi) is 6.07. The van der Waals surface area contributed by atoms with Crippen molar-refractivity contribution in [3.8, 4) is 17.6 Å². The van der Waals surface area contributed by atoms with E-state index in [0.29, 0.717) is 17.9 Å². The summed E-state index contributed by atoms with van der Waals surface area (Å²) in [6, 6.07) is 11.6. The maximum absolute atomic E-state index is 12.8. The molecule has 3 nitrogen and oxygen atoms in total. The van der Waals surface area contributed by atoms with Crippen LogP contribution in [0.15, 0.2) is 48.5 Å². The van der Waals surface area contributed by atoms with Gasteiger partial charge in [-0.3, -0.25) is 4.79 Å². The minimum absolute atomic E-state index is 0.0573. The fraction of sp³-hybridized carbons (Fsp3) is 0.211. The molecule has 0 heterocycles. The molecule has 0 unspecified atom stereocenters. The van der Waals surface area contributed by atoms with Crippen molar-refractivity contribution >= 4 is 5.91 Å². The monoisotopic (exact) mass is 347 g/mol. The van der Waals surface area contributed by atoms with Gasteiger partial charge in [0.05, 0.1) is 18.7 Å². The van der Waals surface area contributed by atoms with Crippen LogP contribution in [0.3, 0.4) is 0 Å². The first-order valence-corrected chi connectivity index (χ1v) is 7.58. The molecule has 0 atom stereocenters. The van der Waals surface area contributed by atoms with E-state index in [9.17, 15) is 18.0 Å². The van der Waals surface area contributed by atoms with Crippen LogP contribution in [0, 0.1) is 11.8 Å². The first-order valence-electron chi connectivity index (χ1n) is 7.58. The quantitative estimate of drug-likeness (QED) is 0.853. The molecule has 130 valence electrons. The lowest BCUT2D eigenvalue weighted by Gasteiger charge is -2.08. The lowest BCUT2D eigenvalue weighted by molar-refractivity contribution is -0.137. The third-order valence-corrected chi connectivity index (χ3v) is 3.22. The van der Waals surface area contributed by atoms with E-state index in [1.807, 2.05) is 6.92 Å². The highest BCUT2D eigenvalue weighted by atomic mass is 19.4. The maximum Gasteiger partial charge on any atom is 0.417 e. The van der Waals surface area contributed by atoms with Crippen LogP contribution in [0.25, 0.3) is 0 Å². The van der Waals surface area contributed by atoms with Crippen LogP contribution < -0.4 is 10.1 Å². The molecule has 0 aromatic heterocycles. The van der Waals surface area contributed by atoms with Crippen molar-refractivity contribution in [3.05, 3.63) is 65.2 Å². The summed E-state index contributed by atoms with van der Waals surface area (Å²) in [6.45, 7) is 2.33. The van der Waals surface area contributed by atoms with Gasteiger partial charge in [-0.1, -0.05) is 24.0 Å². The average molecular weight is 347 g/mol. The van der Waals surface area contributed by atoms with Gasteiger partial charge in [0, 0.05) is 11.1 Å². The number of benzene rings is 2. The van der Waals surface area contributed by atoms with Crippen LogP contribution in [-0.2, 0) is 6.18 Å². The Hall–Kier alpha value is -2.94. The molecule has 0 radical (unpaired) electrons. The zero-order valence-electron chi connectivity index (χ0n) is 13.5. The van der Waals surface area contributed by atoms with Gasteiger partial charge in [-0.15, -0.1) is 0 Å². The lowest BCUT2D eigenvalue weighted by Crippen LogP contribution is -2.23. The van der Waals surface area contributed by atoms with Crippen molar-refractivity contribution in [3.63, 3.8) is 0 Å². The Bertz CT molecular complexity index is 787. The second-order valence-corrected chi connectivity index (χ2v) is 4.99. The van der Waals surface area contributed by atoms with Gasteiger partial charge in [0.1, 0.15) is 5.75 Å². The van der Waals surface area contributed by atoms with E-state index in [1.54, 1.807) is 24.3 Å². The van der Waals surface area contributed by atoms with Gasteiger partial charge in [0.15, 0.2) is 0 Å². The predicted molar refractivity (Wildman–Crippen MR) is 88.3 cm³/mol. The minimum atomic E-state index is -4.46. The van der Waals surface area contributed by atoms with Gasteiger partial charge < -0.3 is 10.1 Å². The van der Waals surface area contributed by atoms with E-state index in [0.717, 1.165) is 6.07 Å². The number of amides is 1. The summed E-state index contributed by atoms with van der Waals surface area (Å²) in [5.74, 6) is 5.28. The molecule has 1 N–H and O–H groups in total. The Morgan fingerprint density at radius 3 is 2.44 bits per heavy atom. The smallest absolute Gasteiger partial charge is 0.417 e. The lowest BCUT2D eigenvalue weighted by atomic mass is 10.1. The molecule has 25 heavy (non-hydrogen) atoms. The van der Waals surface area contributed by atoms with Crippen molar-refractivity contribution in [2.24, 2.45) is 0 Å². The number of hydrogen-bond acceptors (Lipinski definition) is 2. The van der Waals surface area contributed by atoms with Gasteiger partial charge in [0.25, 0.3) is 5.91 Å². The summed E-state index contributed by atoms with van der Waals surface area (Å²) in [4.78, 5) is 12.0. The molecule has 0 spiro atoms. The molecule has 6 heteroatoms. The van der Waals surface area contributed by atoms with E-state index in [-0.39, 0.29) is 18.0 Å². The maximum atomic E-state index is 12.8. The first kappa shape index (κ1) is 18.4. The Morgan fingerprint density at radius 1 is 1.12 bits per heavy atom. The molecular weight excluding hydrogens is 331 g/mol. The standard InChI is InChI=1S/C19H16F3NO2/c1-2-25-16-11-9-15(10-12-16)18(24)23-13-5-7-14-6-3-4-8-17(14)19(20,21)22/h3-4,6,8-12H,2,13H2,1H3,(H,23,24). The number of rotatable bonds is 4. The van der Waals surface area contributed by atoms with E-state index in [2.05, 4.69) is 17.2 Å². The average Bonchev–Trinajstić information content (AvgIpc) is 2.59. The molecule has 0 aliphatic rings. The first-order chi connectivity index (χ1) is 11.9. The second-order valence-electron chi connectivity index (χ2n) is 4.99. The van der Waals surface area contributed by atoms with Crippen LogP contribution >= 0.6 is 0 Å². The highest BCUT2D eigenvalue weighted by molar-refractivity contribution is 5.94. The van der Waals surface area contributed by atoms with Gasteiger partial charge in [-0.25, -0.2) is 0 Å². The van der Waals surface area contributed by atoms with E-state index in [1.165, 1.54) is 18.2 Å². The SMILES string of the molecule is CCOc1ccc(C(=O)NCC#Cc2ccccc2C(F)(F)F)cc1. The fourth-order valence-corrected chi connectivity index (χ4v) is 2.07. The van der Waals surface area contributed by atoms with Crippen molar-refractivity contribution in [1.82, 2.24) is 5.32 Å². The minimum Gasteiger partial charge on any atom is -0.494 e. The van der Waals surface area contributed by atoms with Crippen LogP contribution in [0.1, 0.15) is 28.4 Å². The number of ether oxygens (including phenoxy) is 1. The van der Waals surface area contributed by atoms with Gasteiger partial charge in [-0.2, -0.15) is 13.2 Å². The summed E-state index contributed by atoms with van der Waals surface area (Å²) in [6.07, 6.45) is -4.46. The summed E-state index contributed by atoms with van der Waals surface area (Å²) < 4.78 is 43.8. The number of carbonyl (C=O) groups excluding carboxylic acids is 1. The number of hydrogen-bond donors (Lipinski definition) is 1. The fourth-order valence-electron chi connectivity index (χ4n) is 2.07. The number of halogens is 3.